The van der Waals surface area contributed by atoms with E-state index in [1.165, 1.54) is 22.5 Å². The van der Waals surface area contributed by atoms with E-state index in [1.54, 1.807) is 7.11 Å². The Kier molecular flexibility index (Phi) is 4.25. The molecule has 0 N–H and O–H groups in total. The molecule has 0 bridgehead atoms. The van der Waals surface area contributed by atoms with Gasteiger partial charge in [0.15, 0.2) is 0 Å². The predicted molar refractivity (Wildman–Crippen MR) is 96.3 cm³/mol. The summed E-state index contributed by atoms with van der Waals surface area (Å²) in [5.74, 6) is 0.923. The molecule has 132 valence electrons. The molecule has 0 radical (unpaired) electrons. The van der Waals surface area contributed by atoms with Gasteiger partial charge in [0.25, 0.3) is 5.91 Å². The van der Waals surface area contributed by atoms with Crippen LogP contribution >= 0.6 is 11.3 Å². The zero-order valence-electron chi connectivity index (χ0n) is 14.6. The van der Waals surface area contributed by atoms with E-state index in [4.69, 9.17) is 9.47 Å². The Hall–Kier alpha value is -1.92. The molecule has 5 nitrogen and oxygen atoms in total. The quantitative estimate of drug-likeness (QED) is 0.827. The third-order valence-electron chi connectivity index (χ3n) is 5.25. The number of rotatable bonds is 2. The maximum Gasteiger partial charge on any atom is 0.273 e. The lowest BCUT2D eigenvalue weighted by atomic mass is 9.79. The van der Waals surface area contributed by atoms with Gasteiger partial charge in [0.1, 0.15) is 11.4 Å². The molecule has 1 amide bonds. The normalized spacial score (nSPS) is 18.9. The first-order valence-corrected chi connectivity index (χ1v) is 9.52. The Morgan fingerprint density at radius 3 is 2.84 bits per heavy atom. The summed E-state index contributed by atoms with van der Waals surface area (Å²) in [6.45, 7) is 4.04. The summed E-state index contributed by atoms with van der Waals surface area (Å²) in [5.41, 5.74) is 2.86. The van der Waals surface area contributed by atoms with Crippen molar-refractivity contribution in [2.24, 2.45) is 0 Å². The first-order valence-electron chi connectivity index (χ1n) is 8.64. The monoisotopic (exact) mass is 358 g/mol. The van der Waals surface area contributed by atoms with Crippen molar-refractivity contribution in [2.75, 3.05) is 26.8 Å². The van der Waals surface area contributed by atoms with Crippen LogP contribution in [-0.4, -0.2) is 42.6 Å². The number of aryl methyl sites for hydroxylation is 1. The summed E-state index contributed by atoms with van der Waals surface area (Å²) in [6, 6.07) is 6.26. The molecule has 0 atom stereocenters. The first-order chi connectivity index (χ1) is 12.1. The van der Waals surface area contributed by atoms with E-state index in [2.05, 4.69) is 17.1 Å². The van der Waals surface area contributed by atoms with Crippen molar-refractivity contribution in [3.8, 4) is 5.75 Å². The SMILES string of the molecule is COc1ccc2c(c1)CCOC21CCN(C(=O)c2csc(C)n2)CC1. The molecule has 1 aromatic heterocycles. The van der Waals surface area contributed by atoms with Crippen molar-refractivity contribution in [1.82, 2.24) is 9.88 Å². The van der Waals surface area contributed by atoms with Gasteiger partial charge in [0.05, 0.1) is 24.3 Å². The van der Waals surface area contributed by atoms with Crippen LogP contribution in [0.1, 0.15) is 39.5 Å². The Morgan fingerprint density at radius 1 is 1.36 bits per heavy atom. The number of piperidine rings is 1. The van der Waals surface area contributed by atoms with E-state index >= 15 is 0 Å². The number of hydrogen-bond acceptors (Lipinski definition) is 5. The number of aromatic nitrogens is 1. The summed E-state index contributed by atoms with van der Waals surface area (Å²) in [6.07, 6.45) is 2.55. The Balaban J connectivity index is 1.53. The van der Waals surface area contributed by atoms with Crippen LogP contribution in [0.4, 0.5) is 0 Å². The van der Waals surface area contributed by atoms with E-state index < -0.39 is 0 Å². The molecule has 0 saturated carbocycles. The number of methoxy groups -OCH3 is 1. The lowest BCUT2D eigenvalue weighted by Crippen LogP contribution is -2.48. The van der Waals surface area contributed by atoms with Crippen LogP contribution in [0, 0.1) is 6.92 Å². The molecule has 4 rings (SSSR count). The van der Waals surface area contributed by atoms with Gasteiger partial charge in [-0.25, -0.2) is 4.98 Å². The van der Waals surface area contributed by atoms with Gasteiger partial charge >= 0.3 is 0 Å². The summed E-state index contributed by atoms with van der Waals surface area (Å²) >= 11 is 1.52. The highest BCUT2D eigenvalue weighted by atomic mass is 32.1. The van der Waals surface area contributed by atoms with Gasteiger partial charge in [-0.2, -0.15) is 0 Å². The van der Waals surface area contributed by atoms with Gasteiger partial charge < -0.3 is 14.4 Å². The second-order valence-corrected chi connectivity index (χ2v) is 7.72. The van der Waals surface area contributed by atoms with Crippen molar-refractivity contribution < 1.29 is 14.3 Å². The number of carbonyl (C=O) groups is 1. The van der Waals surface area contributed by atoms with Gasteiger partial charge in [-0.3, -0.25) is 4.79 Å². The predicted octanol–water partition coefficient (Wildman–Crippen LogP) is 3.16. The molecule has 0 aliphatic carbocycles. The number of hydrogen-bond donors (Lipinski definition) is 0. The van der Waals surface area contributed by atoms with E-state index in [1.807, 2.05) is 23.3 Å². The van der Waals surface area contributed by atoms with Crippen LogP contribution in [-0.2, 0) is 16.8 Å². The second-order valence-electron chi connectivity index (χ2n) is 6.66. The highest BCUT2D eigenvalue weighted by Crippen LogP contribution is 2.42. The average Bonchev–Trinajstić information content (AvgIpc) is 3.08. The van der Waals surface area contributed by atoms with Gasteiger partial charge in [0, 0.05) is 18.5 Å². The van der Waals surface area contributed by atoms with Gasteiger partial charge in [-0.1, -0.05) is 6.07 Å². The Bertz CT molecular complexity index is 794. The fourth-order valence-corrected chi connectivity index (χ4v) is 4.48. The third kappa shape index (κ3) is 2.93. The number of thiazole rings is 1. The Labute approximate surface area is 151 Å². The van der Waals surface area contributed by atoms with Gasteiger partial charge in [-0.15, -0.1) is 11.3 Å². The second kappa shape index (κ2) is 6.42. The van der Waals surface area contributed by atoms with E-state index in [0.29, 0.717) is 18.8 Å². The lowest BCUT2D eigenvalue weighted by Gasteiger charge is -2.45. The van der Waals surface area contributed by atoms with Crippen LogP contribution < -0.4 is 4.74 Å². The summed E-state index contributed by atoms with van der Waals surface area (Å²) in [5, 5.41) is 2.77. The maximum absolute atomic E-state index is 12.6. The average molecular weight is 358 g/mol. The minimum absolute atomic E-state index is 0.0324. The van der Waals surface area contributed by atoms with Crippen molar-refractivity contribution >= 4 is 17.2 Å². The number of benzene rings is 1. The maximum atomic E-state index is 12.6. The highest BCUT2D eigenvalue weighted by molar-refractivity contribution is 7.09. The largest absolute Gasteiger partial charge is 0.497 e. The van der Waals surface area contributed by atoms with Gasteiger partial charge in [-0.05, 0) is 49.4 Å². The summed E-state index contributed by atoms with van der Waals surface area (Å²) in [7, 11) is 1.70. The van der Waals surface area contributed by atoms with Crippen LogP contribution in [0.2, 0.25) is 0 Å². The molecule has 2 aromatic rings. The number of carbonyl (C=O) groups excluding carboxylic acids is 1. The summed E-state index contributed by atoms with van der Waals surface area (Å²) < 4.78 is 11.6. The van der Waals surface area contributed by atoms with Gasteiger partial charge in [0.2, 0.25) is 0 Å². The molecule has 6 heteroatoms. The number of amides is 1. The van der Waals surface area contributed by atoms with Crippen molar-refractivity contribution in [3.05, 3.63) is 45.4 Å². The van der Waals surface area contributed by atoms with Crippen molar-refractivity contribution in [1.29, 1.82) is 0 Å². The minimum atomic E-state index is -0.269. The molecule has 2 aliphatic rings. The van der Waals surface area contributed by atoms with Crippen LogP contribution in [0.15, 0.2) is 23.6 Å². The van der Waals surface area contributed by atoms with Crippen molar-refractivity contribution in [2.45, 2.75) is 31.8 Å². The van der Waals surface area contributed by atoms with Crippen molar-refractivity contribution in [3.63, 3.8) is 0 Å². The fraction of sp³-hybridized carbons (Fsp3) is 0.474. The number of fused-ring (bicyclic) bond motifs is 2. The first kappa shape index (κ1) is 16.5. The molecular weight excluding hydrogens is 336 g/mol. The number of nitrogens with zero attached hydrogens (tertiary/aromatic N) is 2. The molecule has 1 saturated heterocycles. The molecule has 1 fully saturated rings. The number of ether oxygens (including phenoxy) is 2. The zero-order chi connectivity index (χ0) is 17.4. The van der Waals surface area contributed by atoms with Crippen LogP contribution in [0.3, 0.4) is 0 Å². The molecule has 0 unspecified atom stereocenters. The molecule has 1 aromatic carbocycles. The molecule has 1 spiro atoms. The molecule has 3 heterocycles. The zero-order valence-corrected chi connectivity index (χ0v) is 15.4. The summed E-state index contributed by atoms with van der Waals surface area (Å²) in [4.78, 5) is 18.9. The molecule has 25 heavy (non-hydrogen) atoms. The fourth-order valence-electron chi connectivity index (χ4n) is 3.89. The van der Waals surface area contributed by atoms with E-state index in [-0.39, 0.29) is 11.5 Å². The third-order valence-corrected chi connectivity index (χ3v) is 6.02. The number of likely N-dealkylation sites (tertiary alicyclic amines) is 1. The topological polar surface area (TPSA) is 51.7 Å². The van der Waals surface area contributed by atoms with E-state index in [9.17, 15) is 4.79 Å². The molecule has 2 aliphatic heterocycles. The molecular formula is C19H22N2O3S. The minimum Gasteiger partial charge on any atom is -0.497 e. The van der Waals surface area contributed by atoms with Crippen LogP contribution in [0.5, 0.6) is 5.75 Å². The lowest BCUT2D eigenvalue weighted by molar-refractivity contribution is -0.0935. The Morgan fingerprint density at radius 2 is 2.16 bits per heavy atom. The highest BCUT2D eigenvalue weighted by Gasteiger charge is 2.42. The van der Waals surface area contributed by atoms with Crippen LogP contribution in [0.25, 0.3) is 0 Å². The van der Waals surface area contributed by atoms with E-state index in [0.717, 1.165) is 36.6 Å². The standard InChI is InChI=1S/C19H22N2O3S/c1-13-20-17(12-25-13)18(22)21-8-6-19(7-9-21)16-4-3-15(23-2)11-14(16)5-10-24-19/h3-4,11-12H,5-10H2,1-2H3. The smallest absolute Gasteiger partial charge is 0.273 e.